The molecule has 2 aliphatic rings. The highest BCUT2D eigenvalue weighted by atomic mass is 32.2. The zero-order valence-electron chi connectivity index (χ0n) is 12.6. The fraction of sp³-hybridized carbons (Fsp3) is 0.750. The van der Waals surface area contributed by atoms with E-state index in [1.165, 1.54) is 14.2 Å². The first kappa shape index (κ1) is 15.2. The van der Waals surface area contributed by atoms with Crippen LogP contribution in [0.4, 0.5) is 5.95 Å². The predicted octanol–water partition coefficient (Wildman–Crippen LogP) is -0.497. The summed E-state index contributed by atoms with van der Waals surface area (Å²) in [7, 11) is -0.174. The fourth-order valence-electron chi connectivity index (χ4n) is 2.37. The summed E-state index contributed by atoms with van der Waals surface area (Å²) in [4.78, 5) is 14.2. The molecule has 9 nitrogen and oxygen atoms in total. The summed E-state index contributed by atoms with van der Waals surface area (Å²) < 4.78 is 36.1. The van der Waals surface area contributed by atoms with Crippen molar-refractivity contribution in [3.8, 4) is 12.0 Å². The third kappa shape index (κ3) is 2.93. The van der Waals surface area contributed by atoms with E-state index in [9.17, 15) is 8.42 Å². The van der Waals surface area contributed by atoms with Crippen molar-refractivity contribution in [3.63, 3.8) is 0 Å². The minimum absolute atomic E-state index is 0.170. The van der Waals surface area contributed by atoms with E-state index in [2.05, 4.69) is 15.0 Å². The van der Waals surface area contributed by atoms with E-state index in [-0.39, 0.29) is 17.3 Å². The third-order valence-corrected chi connectivity index (χ3v) is 6.17. The van der Waals surface area contributed by atoms with Gasteiger partial charge in [-0.05, 0) is 12.8 Å². The van der Waals surface area contributed by atoms with Crippen LogP contribution in [0.15, 0.2) is 0 Å². The van der Waals surface area contributed by atoms with Gasteiger partial charge in [0, 0.05) is 26.2 Å². The molecule has 0 N–H and O–H groups in total. The van der Waals surface area contributed by atoms with Crippen molar-refractivity contribution in [2.75, 3.05) is 45.3 Å². The molecule has 1 aliphatic heterocycles. The van der Waals surface area contributed by atoms with Crippen LogP contribution in [-0.2, 0) is 10.0 Å². The molecule has 1 aromatic heterocycles. The van der Waals surface area contributed by atoms with Crippen molar-refractivity contribution >= 4 is 16.0 Å². The van der Waals surface area contributed by atoms with Crippen LogP contribution < -0.4 is 14.4 Å². The highest BCUT2D eigenvalue weighted by Gasteiger charge is 2.41. The highest BCUT2D eigenvalue weighted by Crippen LogP contribution is 2.31. The Bertz CT molecular complexity index is 619. The number of hydrogen-bond donors (Lipinski definition) is 0. The summed E-state index contributed by atoms with van der Waals surface area (Å²) in [5, 5.41) is -0.170. The van der Waals surface area contributed by atoms with Crippen LogP contribution in [0, 0.1) is 0 Å². The molecular formula is C12H19N5O4S. The van der Waals surface area contributed by atoms with Gasteiger partial charge in [-0.15, -0.1) is 4.98 Å². The molecule has 1 saturated heterocycles. The van der Waals surface area contributed by atoms with E-state index in [4.69, 9.17) is 9.47 Å². The SMILES string of the molecule is COc1nc(OC)nc(N2CCN(S(=O)(=O)C3CC3)CC2)n1. The van der Waals surface area contributed by atoms with Gasteiger partial charge in [0.15, 0.2) is 0 Å². The van der Waals surface area contributed by atoms with Gasteiger partial charge in [0.2, 0.25) is 16.0 Å². The fourth-order valence-corrected chi connectivity index (χ4v) is 4.20. The molecule has 0 atom stereocenters. The van der Waals surface area contributed by atoms with Gasteiger partial charge in [-0.2, -0.15) is 14.3 Å². The molecule has 0 radical (unpaired) electrons. The maximum atomic E-state index is 12.2. The number of sulfonamides is 1. The van der Waals surface area contributed by atoms with Crippen LogP contribution in [0.3, 0.4) is 0 Å². The zero-order valence-corrected chi connectivity index (χ0v) is 13.4. The van der Waals surface area contributed by atoms with Gasteiger partial charge in [0.1, 0.15) is 0 Å². The summed E-state index contributed by atoms with van der Waals surface area (Å²) >= 11 is 0. The minimum Gasteiger partial charge on any atom is -0.467 e. The average Bonchev–Trinajstić information content (AvgIpc) is 3.40. The monoisotopic (exact) mass is 329 g/mol. The van der Waals surface area contributed by atoms with E-state index >= 15 is 0 Å². The first-order valence-corrected chi connectivity index (χ1v) is 8.63. The number of ether oxygens (including phenoxy) is 2. The number of hydrogen-bond acceptors (Lipinski definition) is 8. The van der Waals surface area contributed by atoms with E-state index in [1.807, 2.05) is 4.90 Å². The van der Waals surface area contributed by atoms with Crippen LogP contribution >= 0.6 is 0 Å². The molecule has 1 aliphatic carbocycles. The largest absolute Gasteiger partial charge is 0.467 e. The van der Waals surface area contributed by atoms with Crippen molar-refractivity contribution in [2.45, 2.75) is 18.1 Å². The van der Waals surface area contributed by atoms with Gasteiger partial charge >= 0.3 is 12.0 Å². The number of aromatic nitrogens is 3. The van der Waals surface area contributed by atoms with Crippen LogP contribution in [-0.4, -0.2) is 73.3 Å². The van der Waals surface area contributed by atoms with Crippen LogP contribution in [0.5, 0.6) is 12.0 Å². The Morgan fingerprint density at radius 1 is 0.955 bits per heavy atom. The summed E-state index contributed by atoms with van der Waals surface area (Å²) in [5.74, 6) is 0.437. The van der Waals surface area contributed by atoms with E-state index in [1.54, 1.807) is 4.31 Å². The molecule has 122 valence electrons. The summed E-state index contributed by atoms with van der Waals surface area (Å²) in [6.45, 7) is 1.94. The van der Waals surface area contributed by atoms with Crippen molar-refractivity contribution in [1.29, 1.82) is 0 Å². The van der Waals surface area contributed by atoms with Gasteiger partial charge in [-0.3, -0.25) is 0 Å². The number of methoxy groups -OCH3 is 2. The second-order valence-electron chi connectivity index (χ2n) is 5.24. The molecule has 22 heavy (non-hydrogen) atoms. The lowest BCUT2D eigenvalue weighted by Gasteiger charge is -2.34. The second-order valence-corrected chi connectivity index (χ2v) is 7.45. The molecular weight excluding hydrogens is 310 g/mol. The Kier molecular flexibility index (Phi) is 4.04. The van der Waals surface area contributed by atoms with E-state index < -0.39 is 10.0 Å². The second kappa shape index (κ2) is 5.84. The molecule has 0 unspecified atom stereocenters. The van der Waals surface area contributed by atoms with Crippen LogP contribution in [0.1, 0.15) is 12.8 Å². The maximum absolute atomic E-state index is 12.2. The topological polar surface area (TPSA) is 97.8 Å². The van der Waals surface area contributed by atoms with Crippen molar-refractivity contribution in [3.05, 3.63) is 0 Å². The molecule has 1 aromatic rings. The molecule has 1 saturated carbocycles. The van der Waals surface area contributed by atoms with E-state index in [0.717, 1.165) is 12.8 Å². The van der Waals surface area contributed by atoms with Gasteiger partial charge in [0.05, 0.1) is 19.5 Å². The van der Waals surface area contributed by atoms with Crippen molar-refractivity contribution in [1.82, 2.24) is 19.3 Å². The van der Waals surface area contributed by atoms with Crippen molar-refractivity contribution < 1.29 is 17.9 Å². The summed E-state index contributed by atoms with van der Waals surface area (Å²) in [5.41, 5.74) is 0. The predicted molar refractivity (Wildman–Crippen MR) is 78.7 cm³/mol. The lowest BCUT2D eigenvalue weighted by Crippen LogP contribution is -2.50. The molecule has 0 spiro atoms. The molecule has 2 fully saturated rings. The molecule has 0 bridgehead atoms. The first-order valence-electron chi connectivity index (χ1n) is 7.12. The quantitative estimate of drug-likeness (QED) is 0.713. The molecule has 2 heterocycles. The third-order valence-electron chi connectivity index (χ3n) is 3.77. The van der Waals surface area contributed by atoms with Gasteiger partial charge in [-0.1, -0.05) is 0 Å². The Hall–Kier alpha value is -1.68. The average molecular weight is 329 g/mol. The van der Waals surface area contributed by atoms with Crippen molar-refractivity contribution in [2.24, 2.45) is 0 Å². The Morgan fingerprint density at radius 3 is 1.95 bits per heavy atom. The summed E-state index contributed by atoms with van der Waals surface area (Å²) in [6, 6.07) is 0.352. The Morgan fingerprint density at radius 2 is 1.50 bits per heavy atom. The van der Waals surface area contributed by atoms with E-state index in [0.29, 0.717) is 32.1 Å². The maximum Gasteiger partial charge on any atom is 0.324 e. The molecule has 0 aromatic carbocycles. The highest BCUT2D eigenvalue weighted by molar-refractivity contribution is 7.90. The smallest absolute Gasteiger partial charge is 0.324 e. The molecule has 0 amide bonds. The number of piperazine rings is 1. The van der Waals surface area contributed by atoms with Gasteiger partial charge in [0.25, 0.3) is 0 Å². The van der Waals surface area contributed by atoms with Crippen LogP contribution in [0.25, 0.3) is 0 Å². The Balaban J connectivity index is 1.71. The molecule has 3 rings (SSSR count). The normalized spacial score (nSPS) is 20.0. The lowest BCUT2D eigenvalue weighted by molar-refractivity contribution is 0.336. The Labute approximate surface area is 129 Å². The first-order chi connectivity index (χ1) is 10.5. The standard InChI is InChI=1S/C12H19N5O4S/c1-20-11-13-10(14-12(15-11)21-2)16-5-7-17(8-6-16)22(18,19)9-3-4-9/h9H,3-8H2,1-2H3. The van der Waals surface area contributed by atoms with Crippen LogP contribution in [0.2, 0.25) is 0 Å². The minimum atomic E-state index is -3.12. The lowest BCUT2D eigenvalue weighted by atomic mass is 10.4. The van der Waals surface area contributed by atoms with Gasteiger partial charge < -0.3 is 14.4 Å². The zero-order chi connectivity index (χ0) is 15.7. The summed E-state index contributed by atoms with van der Waals surface area (Å²) in [6.07, 6.45) is 1.56. The number of anilines is 1. The number of nitrogens with zero attached hydrogens (tertiary/aromatic N) is 5. The number of rotatable bonds is 5. The van der Waals surface area contributed by atoms with Gasteiger partial charge in [-0.25, -0.2) is 8.42 Å². The molecule has 10 heteroatoms.